The van der Waals surface area contributed by atoms with Crippen LogP contribution in [0.25, 0.3) is 0 Å². The monoisotopic (exact) mass is 294 g/mol. The summed E-state index contributed by atoms with van der Waals surface area (Å²) in [5, 5.41) is 2.87. The lowest BCUT2D eigenvalue weighted by Crippen LogP contribution is -2.50. The smallest absolute Gasteiger partial charge is 0.256 e. The Bertz CT molecular complexity index is 549. The Morgan fingerprint density at radius 2 is 2.15 bits per heavy atom. The first-order valence-corrected chi connectivity index (χ1v) is 7.57. The summed E-state index contributed by atoms with van der Waals surface area (Å²) >= 11 is 1.54. The summed E-state index contributed by atoms with van der Waals surface area (Å²) in [7, 11) is 0. The molecule has 106 valence electrons. The van der Waals surface area contributed by atoms with Crippen LogP contribution < -0.4 is 5.32 Å². The quantitative estimate of drug-likeness (QED) is 0.919. The van der Waals surface area contributed by atoms with Crippen LogP contribution in [0.5, 0.6) is 0 Å². The molecule has 0 saturated carbocycles. The van der Waals surface area contributed by atoms with Crippen LogP contribution in [0, 0.1) is 5.82 Å². The van der Waals surface area contributed by atoms with E-state index in [9.17, 15) is 14.0 Å². The highest BCUT2D eigenvalue weighted by Crippen LogP contribution is 2.44. The van der Waals surface area contributed by atoms with Gasteiger partial charge in [-0.15, -0.1) is 11.8 Å². The van der Waals surface area contributed by atoms with Gasteiger partial charge < -0.3 is 10.2 Å². The molecule has 4 nitrogen and oxygen atoms in total. The van der Waals surface area contributed by atoms with Crippen molar-refractivity contribution >= 4 is 23.6 Å². The topological polar surface area (TPSA) is 49.4 Å². The van der Waals surface area contributed by atoms with Crippen LogP contribution in [0.15, 0.2) is 24.3 Å². The lowest BCUT2D eigenvalue weighted by Gasteiger charge is -2.29. The van der Waals surface area contributed by atoms with Crippen molar-refractivity contribution in [1.29, 1.82) is 0 Å². The molecule has 0 aromatic heterocycles. The Hall–Kier alpha value is -1.56. The molecule has 1 aromatic rings. The van der Waals surface area contributed by atoms with Crippen molar-refractivity contribution in [3.63, 3.8) is 0 Å². The largest absolute Gasteiger partial charge is 0.349 e. The van der Waals surface area contributed by atoms with E-state index in [0.29, 0.717) is 25.9 Å². The molecule has 1 aromatic carbocycles. The minimum Gasteiger partial charge on any atom is -0.349 e. The second-order valence-corrected chi connectivity index (χ2v) is 6.36. The van der Waals surface area contributed by atoms with Gasteiger partial charge in [-0.1, -0.05) is 12.1 Å². The standard InChI is InChI=1S/C14H15FN2O2S/c15-11-3-1-10(2-4-11)9-16-13(19)14-6-5-12(18)17(14)7-8-20-14/h1-4H,5-9H2,(H,16,19)/t14-/m0/s1. The van der Waals surface area contributed by atoms with Gasteiger partial charge in [-0.3, -0.25) is 9.59 Å². The highest BCUT2D eigenvalue weighted by molar-refractivity contribution is 8.01. The molecule has 2 amide bonds. The van der Waals surface area contributed by atoms with Gasteiger partial charge in [0.2, 0.25) is 5.91 Å². The van der Waals surface area contributed by atoms with Crippen LogP contribution in [0.4, 0.5) is 4.39 Å². The Kier molecular flexibility index (Phi) is 3.41. The summed E-state index contributed by atoms with van der Waals surface area (Å²) in [4.78, 5) is 25.2. The van der Waals surface area contributed by atoms with Crippen molar-refractivity contribution < 1.29 is 14.0 Å². The van der Waals surface area contributed by atoms with Gasteiger partial charge in [0.25, 0.3) is 5.91 Å². The van der Waals surface area contributed by atoms with E-state index in [1.54, 1.807) is 28.8 Å². The van der Waals surface area contributed by atoms with Gasteiger partial charge in [-0.2, -0.15) is 0 Å². The van der Waals surface area contributed by atoms with Crippen LogP contribution in [0.1, 0.15) is 18.4 Å². The lowest BCUT2D eigenvalue weighted by molar-refractivity contribution is -0.135. The maximum Gasteiger partial charge on any atom is 0.256 e. The summed E-state index contributed by atoms with van der Waals surface area (Å²) in [6.45, 7) is 0.997. The molecule has 0 bridgehead atoms. The van der Waals surface area contributed by atoms with Crippen LogP contribution in [0.3, 0.4) is 0 Å². The molecule has 20 heavy (non-hydrogen) atoms. The number of amides is 2. The minimum atomic E-state index is -0.711. The number of thioether (sulfide) groups is 1. The summed E-state index contributed by atoms with van der Waals surface area (Å²) < 4.78 is 12.8. The molecule has 0 spiro atoms. The lowest BCUT2D eigenvalue weighted by atomic mass is 10.1. The molecule has 1 N–H and O–H groups in total. The average Bonchev–Trinajstić information content (AvgIpc) is 3.00. The van der Waals surface area contributed by atoms with Crippen LogP contribution in [-0.4, -0.2) is 33.9 Å². The number of hydrogen-bond donors (Lipinski definition) is 1. The fraction of sp³-hybridized carbons (Fsp3) is 0.429. The fourth-order valence-electron chi connectivity index (χ4n) is 2.73. The highest BCUT2D eigenvalue weighted by Gasteiger charge is 2.54. The van der Waals surface area contributed by atoms with Crippen LogP contribution >= 0.6 is 11.8 Å². The molecule has 2 heterocycles. The first-order chi connectivity index (χ1) is 9.62. The summed E-state index contributed by atoms with van der Waals surface area (Å²) in [6, 6.07) is 6.03. The Balaban J connectivity index is 1.67. The molecule has 0 radical (unpaired) electrons. The van der Waals surface area contributed by atoms with Crippen molar-refractivity contribution in [2.45, 2.75) is 24.3 Å². The second-order valence-electron chi connectivity index (χ2n) is 4.99. The fourth-order valence-corrected chi connectivity index (χ4v) is 4.14. The third kappa shape index (κ3) is 2.18. The number of fused-ring (bicyclic) bond motifs is 1. The Labute approximate surface area is 120 Å². The van der Waals surface area contributed by atoms with Gasteiger partial charge in [-0.05, 0) is 24.1 Å². The van der Waals surface area contributed by atoms with E-state index in [1.165, 1.54) is 12.1 Å². The van der Waals surface area contributed by atoms with E-state index < -0.39 is 4.87 Å². The van der Waals surface area contributed by atoms with Crippen molar-refractivity contribution in [3.05, 3.63) is 35.6 Å². The highest BCUT2D eigenvalue weighted by atomic mass is 32.2. The van der Waals surface area contributed by atoms with Gasteiger partial charge in [0, 0.05) is 25.3 Å². The van der Waals surface area contributed by atoms with E-state index in [2.05, 4.69) is 5.32 Å². The zero-order valence-corrected chi connectivity index (χ0v) is 11.7. The Morgan fingerprint density at radius 1 is 1.40 bits per heavy atom. The van der Waals surface area contributed by atoms with Gasteiger partial charge >= 0.3 is 0 Å². The molecular formula is C14H15FN2O2S. The second kappa shape index (κ2) is 5.09. The van der Waals surface area contributed by atoms with Gasteiger partial charge in [0.1, 0.15) is 5.82 Å². The molecule has 3 rings (SSSR count). The van der Waals surface area contributed by atoms with Crippen LogP contribution in [-0.2, 0) is 16.1 Å². The molecule has 2 aliphatic rings. The number of benzene rings is 1. The number of hydrogen-bond acceptors (Lipinski definition) is 3. The summed E-state index contributed by atoms with van der Waals surface area (Å²) in [5.74, 6) is 0.454. The number of rotatable bonds is 3. The maximum atomic E-state index is 12.8. The zero-order chi connectivity index (χ0) is 14.2. The molecule has 6 heteroatoms. The first-order valence-electron chi connectivity index (χ1n) is 6.59. The molecule has 0 unspecified atom stereocenters. The number of halogens is 1. The molecule has 1 atom stereocenters. The molecule has 0 aliphatic carbocycles. The van der Waals surface area contributed by atoms with E-state index in [0.717, 1.165) is 11.3 Å². The van der Waals surface area contributed by atoms with Crippen molar-refractivity contribution in [3.8, 4) is 0 Å². The van der Waals surface area contributed by atoms with E-state index in [4.69, 9.17) is 0 Å². The molecule has 2 aliphatic heterocycles. The Morgan fingerprint density at radius 3 is 2.90 bits per heavy atom. The number of nitrogens with one attached hydrogen (secondary N) is 1. The molecule has 2 fully saturated rings. The van der Waals surface area contributed by atoms with E-state index in [-0.39, 0.29) is 17.6 Å². The third-order valence-corrected chi connectivity index (χ3v) is 5.27. The van der Waals surface area contributed by atoms with Crippen molar-refractivity contribution in [1.82, 2.24) is 10.2 Å². The SMILES string of the molecule is O=C1CC[C@@]2(C(=O)NCc3ccc(F)cc3)SCCN12. The van der Waals surface area contributed by atoms with Crippen molar-refractivity contribution in [2.24, 2.45) is 0 Å². The first kappa shape index (κ1) is 13.4. The van der Waals surface area contributed by atoms with Crippen LogP contribution in [0.2, 0.25) is 0 Å². The van der Waals surface area contributed by atoms with E-state index >= 15 is 0 Å². The predicted molar refractivity (Wildman–Crippen MR) is 74.4 cm³/mol. The number of carbonyl (C=O) groups excluding carboxylic acids is 2. The van der Waals surface area contributed by atoms with Gasteiger partial charge in [0.15, 0.2) is 4.87 Å². The molecular weight excluding hydrogens is 279 g/mol. The number of nitrogens with zero attached hydrogens (tertiary/aromatic N) is 1. The average molecular weight is 294 g/mol. The maximum absolute atomic E-state index is 12.8. The summed E-state index contributed by atoms with van der Waals surface area (Å²) in [6.07, 6.45) is 1.02. The predicted octanol–water partition coefficient (Wildman–Crippen LogP) is 1.51. The molecule has 2 saturated heterocycles. The van der Waals surface area contributed by atoms with Gasteiger partial charge in [0.05, 0.1) is 0 Å². The van der Waals surface area contributed by atoms with Gasteiger partial charge in [-0.25, -0.2) is 4.39 Å². The number of carbonyl (C=O) groups is 2. The minimum absolute atomic E-state index is 0.0620. The van der Waals surface area contributed by atoms with E-state index in [1.807, 2.05) is 0 Å². The summed E-state index contributed by atoms with van der Waals surface area (Å²) in [5.41, 5.74) is 0.843. The zero-order valence-electron chi connectivity index (χ0n) is 10.9. The third-order valence-electron chi connectivity index (χ3n) is 3.79. The van der Waals surface area contributed by atoms with Crippen molar-refractivity contribution in [2.75, 3.05) is 12.3 Å². The normalized spacial score (nSPS) is 24.9.